The molecule has 1 fully saturated rings. The van der Waals surface area contributed by atoms with Gasteiger partial charge in [0.05, 0.1) is 0 Å². The molecule has 0 bridgehead atoms. The molecule has 0 amide bonds. The largest absolute Gasteiger partial charge is 0.443 e. The molecule has 0 aromatic heterocycles. The molecule has 0 heterocycles. The van der Waals surface area contributed by atoms with Crippen molar-refractivity contribution in [2.75, 3.05) is 0 Å². The minimum absolute atomic E-state index is 0.750. The number of nitrogens with zero attached hydrogens (tertiary/aromatic N) is 1. The Morgan fingerprint density at radius 3 is 1.50 bits per heavy atom. The highest BCUT2D eigenvalue weighted by Crippen LogP contribution is 2.14. The first-order valence-electron chi connectivity index (χ1n) is 1.95. The fraction of sp³-hybridized carbons (Fsp3) is 0.750. The van der Waals surface area contributed by atoms with Crippen LogP contribution in [0.25, 0.3) is 0 Å². The zero-order valence-electron chi connectivity index (χ0n) is 3.52. The summed E-state index contributed by atoms with van der Waals surface area (Å²) in [7, 11) is 0. The van der Waals surface area contributed by atoms with Gasteiger partial charge < -0.3 is 5.11 Å². The van der Waals surface area contributed by atoms with Gasteiger partial charge in [-0.05, 0) is 0 Å². The van der Waals surface area contributed by atoms with Crippen LogP contribution in [0.15, 0.2) is 0 Å². The predicted molar refractivity (Wildman–Crippen MR) is 21.4 cm³/mol. The Labute approximate surface area is 37.0 Å². The third kappa shape index (κ3) is 205. The van der Waals surface area contributed by atoms with Gasteiger partial charge in [0.25, 0.3) is 6.26 Å². The van der Waals surface area contributed by atoms with E-state index in [9.17, 15) is 0 Å². The van der Waals surface area contributed by atoms with Crippen molar-refractivity contribution < 1.29 is 5.11 Å². The molecule has 1 aliphatic carbocycles. The van der Waals surface area contributed by atoms with Crippen LogP contribution in [-0.2, 0) is 0 Å². The monoisotopic (exact) mass is 85.1 g/mol. The standard InChI is InChI=1S/C3H6.CHNO/c1-2-3-1;2-1-3/h1-3H2;3H. The summed E-state index contributed by atoms with van der Waals surface area (Å²) in [6.07, 6.45) is 5.25. The summed E-state index contributed by atoms with van der Waals surface area (Å²) in [5.41, 5.74) is 0. The molecular formula is C4H7NO. The van der Waals surface area contributed by atoms with Gasteiger partial charge in [0.15, 0.2) is 0 Å². The van der Waals surface area contributed by atoms with Crippen molar-refractivity contribution in [1.29, 1.82) is 5.26 Å². The maximum absolute atomic E-state index is 6.88. The Hall–Kier alpha value is -0.710. The number of hydrogen-bond acceptors (Lipinski definition) is 2. The summed E-state index contributed by atoms with van der Waals surface area (Å²) in [5, 5.41) is 13.8. The van der Waals surface area contributed by atoms with Crippen molar-refractivity contribution in [2.45, 2.75) is 19.3 Å². The van der Waals surface area contributed by atoms with E-state index in [1.165, 1.54) is 19.3 Å². The van der Waals surface area contributed by atoms with Crippen LogP contribution in [0.3, 0.4) is 0 Å². The van der Waals surface area contributed by atoms with Crippen LogP contribution in [0, 0.1) is 11.5 Å². The lowest BCUT2D eigenvalue weighted by molar-refractivity contribution is 0.503. The van der Waals surface area contributed by atoms with Gasteiger partial charge in [-0.2, -0.15) is 5.26 Å². The van der Waals surface area contributed by atoms with Crippen LogP contribution in [0.1, 0.15) is 19.3 Å². The third-order valence-electron chi connectivity index (χ3n) is 0.354. The van der Waals surface area contributed by atoms with Crippen LogP contribution >= 0.6 is 0 Å². The third-order valence-corrected chi connectivity index (χ3v) is 0.354. The molecule has 0 aromatic rings. The Balaban J connectivity index is 0.0000000833. The zero-order chi connectivity index (χ0) is 4.83. The molecule has 1 aliphatic rings. The molecule has 0 aliphatic heterocycles. The first kappa shape index (κ1) is 5.29. The van der Waals surface area contributed by atoms with Crippen LogP contribution in [0.4, 0.5) is 0 Å². The van der Waals surface area contributed by atoms with E-state index in [0.717, 1.165) is 6.26 Å². The molecular weight excluding hydrogens is 78.0 g/mol. The molecule has 0 spiro atoms. The van der Waals surface area contributed by atoms with Gasteiger partial charge in [-0.15, -0.1) is 0 Å². The molecule has 0 radical (unpaired) electrons. The smallest absolute Gasteiger partial charge is 0.283 e. The lowest BCUT2D eigenvalue weighted by Gasteiger charge is -1.25. The van der Waals surface area contributed by atoms with E-state index in [1.807, 2.05) is 0 Å². The average molecular weight is 85.1 g/mol. The minimum Gasteiger partial charge on any atom is -0.443 e. The Morgan fingerprint density at radius 1 is 1.33 bits per heavy atom. The predicted octanol–water partition coefficient (Wildman–Crippen LogP) is 1.01. The zero-order valence-corrected chi connectivity index (χ0v) is 3.52. The molecule has 0 atom stereocenters. The number of aliphatic hydroxyl groups excluding tert-OH is 1. The second kappa shape index (κ2) is 4.29. The second-order valence-corrected chi connectivity index (χ2v) is 1.16. The quantitative estimate of drug-likeness (QED) is 0.446. The molecule has 0 aromatic carbocycles. The van der Waals surface area contributed by atoms with Gasteiger partial charge in [-0.25, -0.2) is 0 Å². The van der Waals surface area contributed by atoms with E-state index in [1.54, 1.807) is 0 Å². The minimum atomic E-state index is 0.750. The molecule has 1 saturated carbocycles. The van der Waals surface area contributed by atoms with E-state index in [4.69, 9.17) is 10.4 Å². The molecule has 1 N–H and O–H groups in total. The topological polar surface area (TPSA) is 44.0 Å². The highest BCUT2D eigenvalue weighted by atomic mass is 16.2. The molecule has 6 heavy (non-hydrogen) atoms. The summed E-state index contributed by atoms with van der Waals surface area (Å²) < 4.78 is 0. The maximum Gasteiger partial charge on any atom is 0.283 e. The lowest BCUT2D eigenvalue weighted by Crippen LogP contribution is -1.27. The van der Waals surface area contributed by atoms with Gasteiger partial charge in [0, 0.05) is 0 Å². The number of rotatable bonds is 0. The Bertz CT molecular complexity index is 50.3. The van der Waals surface area contributed by atoms with E-state index >= 15 is 0 Å². The van der Waals surface area contributed by atoms with Crippen molar-refractivity contribution >= 4 is 0 Å². The number of hydrogen-bond donors (Lipinski definition) is 1. The summed E-state index contributed by atoms with van der Waals surface area (Å²) in [4.78, 5) is 0. The van der Waals surface area contributed by atoms with E-state index in [-0.39, 0.29) is 0 Å². The number of aliphatic hydroxyl groups is 1. The van der Waals surface area contributed by atoms with Crippen molar-refractivity contribution in [3.8, 4) is 6.26 Å². The molecule has 2 heteroatoms. The van der Waals surface area contributed by atoms with E-state index in [2.05, 4.69) is 0 Å². The van der Waals surface area contributed by atoms with Gasteiger partial charge in [-0.3, -0.25) is 0 Å². The van der Waals surface area contributed by atoms with Crippen molar-refractivity contribution in [3.05, 3.63) is 0 Å². The molecule has 34 valence electrons. The SMILES string of the molecule is C1CC1.N#CO. The fourth-order valence-corrected chi connectivity index (χ4v) is 0. The normalized spacial score (nSPS) is 13.2. The summed E-state index contributed by atoms with van der Waals surface area (Å²) in [5.74, 6) is 0. The van der Waals surface area contributed by atoms with E-state index < -0.39 is 0 Å². The first-order valence-corrected chi connectivity index (χ1v) is 1.95. The van der Waals surface area contributed by atoms with Gasteiger partial charge in [-0.1, -0.05) is 19.3 Å². The van der Waals surface area contributed by atoms with Crippen LogP contribution < -0.4 is 0 Å². The van der Waals surface area contributed by atoms with E-state index in [0.29, 0.717) is 0 Å². The number of nitriles is 1. The van der Waals surface area contributed by atoms with Gasteiger partial charge in [0.1, 0.15) is 0 Å². The van der Waals surface area contributed by atoms with Crippen molar-refractivity contribution in [3.63, 3.8) is 0 Å². The Kier molecular flexibility index (Phi) is 3.78. The average Bonchev–Trinajstić information content (AvgIpc) is 2.11. The molecule has 1 rings (SSSR count). The van der Waals surface area contributed by atoms with Crippen molar-refractivity contribution in [2.24, 2.45) is 0 Å². The molecule has 0 saturated heterocycles. The summed E-state index contributed by atoms with van der Waals surface area (Å²) >= 11 is 0. The second-order valence-electron chi connectivity index (χ2n) is 1.16. The highest BCUT2D eigenvalue weighted by molar-refractivity contribution is 4.50. The maximum atomic E-state index is 6.88. The molecule has 0 unspecified atom stereocenters. The first-order chi connectivity index (χ1) is 2.91. The van der Waals surface area contributed by atoms with Gasteiger partial charge in [0.2, 0.25) is 0 Å². The van der Waals surface area contributed by atoms with Crippen LogP contribution in [0.5, 0.6) is 0 Å². The highest BCUT2D eigenvalue weighted by Gasteiger charge is 1.95. The Morgan fingerprint density at radius 2 is 1.50 bits per heavy atom. The fourth-order valence-electron chi connectivity index (χ4n) is 0. The van der Waals surface area contributed by atoms with Gasteiger partial charge >= 0.3 is 0 Å². The van der Waals surface area contributed by atoms with Crippen molar-refractivity contribution in [1.82, 2.24) is 0 Å². The van der Waals surface area contributed by atoms with Crippen LogP contribution in [-0.4, -0.2) is 5.11 Å². The molecule has 2 nitrogen and oxygen atoms in total. The van der Waals surface area contributed by atoms with Crippen LogP contribution in [0.2, 0.25) is 0 Å². The summed E-state index contributed by atoms with van der Waals surface area (Å²) in [6.45, 7) is 0. The lowest BCUT2D eigenvalue weighted by atomic mass is 11.0. The summed E-state index contributed by atoms with van der Waals surface area (Å²) in [6, 6.07) is 0.